The summed E-state index contributed by atoms with van der Waals surface area (Å²) in [6.07, 6.45) is -0.119. The molecule has 3 rings (SSSR count). The van der Waals surface area contributed by atoms with Crippen LogP contribution >= 0.6 is 0 Å². The van der Waals surface area contributed by atoms with Gasteiger partial charge in [0.05, 0.1) is 12.7 Å². The van der Waals surface area contributed by atoms with Gasteiger partial charge in [-0.2, -0.15) is 0 Å². The molecule has 0 bridgehead atoms. The molecule has 1 aliphatic heterocycles. The molecule has 0 amide bonds. The summed E-state index contributed by atoms with van der Waals surface area (Å²) in [5, 5.41) is 0. The third kappa shape index (κ3) is 2.99. The van der Waals surface area contributed by atoms with Crippen molar-refractivity contribution in [1.82, 2.24) is 0 Å². The summed E-state index contributed by atoms with van der Waals surface area (Å²) >= 11 is 0. The highest BCUT2D eigenvalue weighted by atomic mass is 16.6. The number of methoxy groups -OCH3 is 1. The number of hydrogen-bond acceptors (Lipinski definition) is 6. The molecule has 0 spiro atoms. The molecule has 1 heterocycles. The molecular weight excluding hydrogens is 312 g/mol. The highest BCUT2D eigenvalue weighted by Gasteiger charge is 2.32. The Hall–Kier alpha value is -3.15. The number of fused-ring (bicyclic) bond motifs is 1. The van der Waals surface area contributed by atoms with Crippen LogP contribution in [0.5, 0.6) is 11.5 Å². The molecular formula is C18H14O6. The first-order valence-corrected chi connectivity index (χ1v) is 7.26. The number of carbonyl (C=O) groups is 3. The molecule has 2 aromatic carbocycles. The average molecular weight is 326 g/mol. The van der Waals surface area contributed by atoms with E-state index in [1.54, 1.807) is 24.3 Å². The van der Waals surface area contributed by atoms with Gasteiger partial charge < -0.3 is 14.2 Å². The zero-order valence-corrected chi connectivity index (χ0v) is 12.9. The summed E-state index contributed by atoms with van der Waals surface area (Å²) in [6.45, 7) is 0. The van der Waals surface area contributed by atoms with Crippen molar-refractivity contribution in [2.45, 2.75) is 12.5 Å². The van der Waals surface area contributed by atoms with Crippen LogP contribution in [0.2, 0.25) is 0 Å². The molecule has 0 saturated heterocycles. The first kappa shape index (κ1) is 15.7. The van der Waals surface area contributed by atoms with Crippen molar-refractivity contribution >= 4 is 18.2 Å². The Morgan fingerprint density at radius 3 is 2.75 bits per heavy atom. The zero-order chi connectivity index (χ0) is 17.1. The number of aldehydes is 1. The molecule has 24 heavy (non-hydrogen) atoms. The number of rotatable bonds is 4. The minimum atomic E-state index is -1.03. The predicted molar refractivity (Wildman–Crippen MR) is 83.4 cm³/mol. The summed E-state index contributed by atoms with van der Waals surface area (Å²) in [5.74, 6) is -0.851. The first-order valence-electron chi connectivity index (χ1n) is 7.26. The van der Waals surface area contributed by atoms with Crippen molar-refractivity contribution in [2.24, 2.45) is 0 Å². The van der Waals surface area contributed by atoms with E-state index in [1.807, 2.05) is 0 Å². The van der Waals surface area contributed by atoms with Gasteiger partial charge in [-0.05, 0) is 29.8 Å². The number of benzene rings is 2. The standard InChI is InChI=1S/C18H14O6/c1-22-15-8-11(10-19)6-7-14(15)23-18(21)16-9-12-4-2-3-5-13(12)17(20)24-16/h2-8,10,16H,9H2,1H3/t16-/m1/s1. The van der Waals surface area contributed by atoms with Gasteiger partial charge in [0.2, 0.25) is 6.10 Å². The monoisotopic (exact) mass is 326 g/mol. The molecule has 2 aromatic rings. The molecule has 0 aromatic heterocycles. The normalized spacial score (nSPS) is 15.9. The van der Waals surface area contributed by atoms with E-state index < -0.39 is 18.0 Å². The lowest BCUT2D eigenvalue weighted by Crippen LogP contribution is -2.37. The molecule has 122 valence electrons. The van der Waals surface area contributed by atoms with Gasteiger partial charge in [-0.15, -0.1) is 0 Å². The molecule has 0 aliphatic carbocycles. The van der Waals surface area contributed by atoms with Crippen LogP contribution in [0.4, 0.5) is 0 Å². The van der Waals surface area contributed by atoms with E-state index in [1.165, 1.54) is 25.3 Å². The van der Waals surface area contributed by atoms with E-state index in [4.69, 9.17) is 14.2 Å². The Bertz CT molecular complexity index is 811. The Labute approximate surface area is 137 Å². The number of carbonyl (C=O) groups excluding carboxylic acids is 3. The molecule has 0 saturated carbocycles. The van der Waals surface area contributed by atoms with Gasteiger partial charge in [-0.3, -0.25) is 4.79 Å². The van der Waals surface area contributed by atoms with Crippen LogP contribution in [0, 0.1) is 0 Å². The fourth-order valence-electron chi connectivity index (χ4n) is 2.48. The summed E-state index contributed by atoms with van der Waals surface area (Å²) in [6, 6.07) is 11.4. The van der Waals surface area contributed by atoms with Gasteiger partial charge in [-0.25, -0.2) is 9.59 Å². The minimum absolute atomic E-state index is 0.156. The summed E-state index contributed by atoms with van der Waals surface area (Å²) in [7, 11) is 1.40. The van der Waals surface area contributed by atoms with Gasteiger partial charge in [0.25, 0.3) is 0 Å². The molecule has 6 heteroatoms. The van der Waals surface area contributed by atoms with Crippen molar-refractivity contribution < 1.29 is 28.6 Å². The molecule has 1 aliphatic rings. The number of ether oxygens (including phenoxy) is 3. The second-order valence-corrected chi connectivity index (χ2v) is 5.20. The molecule has 0 unspecified atom stereocenters. The van der Waals surface area contributed by atoms with Crippen LogP contribution in [0.1, 0.15) is 26.3 Å². The summed E-state index contributed by atoms with van der Waals surface area (Å²) < 4.78 is 15.5. The highest BCUT2D eigenvalue weighted by Crippen LogP contribution is 2.29. The van der Waals surface area contributed by atoms with Gasteiger partial charge >= 0.3 is 11.9 Å². The quantitative estimate of drug-likeness (QED) is 0.487. The molecule has 6 nitrogen and oxygen atoms in total. The number of cyclic esters (lactones) is 1. The van der Waals surface area contributed by atoms with Crippen LogP contribution in [0.15, 0.2) is 42.5 Å². The van der Waals surface area contributed by atoms with Crippen LogP contribution in [-0.4, -0.2) is 31.4 Å². The van der Waals surface area contributed by atoms with E-state index in [2.05, 4.69) is 0 Å². The lowest BCUT2D eigenvalue weighted by atomic mass is 9.99. The zero-order valence-electron chi connectivity index (χ0n) is 12.9. The maximum Gasteiger partial charge on any atom is 0.353 e. The van der Waals surface area contributed by atoms with Gasteiger partial charge in [0.1, 0.15) is 6.29 Å². The average Bonchev–Trinajstić information content (AvgIpc) is 2.62. The summed E-state index contributed by atoms with van der Waals surface area (Å²) in [5.41, 5.74) is 1.58. The molecule has 0 N–H and O–H groups in total. The second-order valence-electron chi connectivity index (χ2n) is 5.20. The number of hydrogen-bond donors (Lipinski definition) is 0. The Morgan fingerprint density at radius 2 is 2.00 bits per heavy atom. The second kappa shape index (κ2) is 6.54. The van der Waals surface area contributed by atoms with E-state index >= 15 is 0 Å². The summed E-state index contributed by atoms with van der Waals surface area (Å²) in [4.78, 5) is 35.1. The fourth-order valence-corrected chi connectivity index (χ4v) is 2.48. The third-order valence-electron chi connectivity index (χ3n) is 3.69. The minimum Gasteiger partial charge on any atom is -0.493 e. The van der Waals surface area contributed by atoms with Crippen molar-refractivity contribution in [1.29, 1.82) is 0 Å². The van der Waals surface area contributed by atoms with Crippen LogP contribution in [-0.2, 0) is 16.0 Å². The van der Waals surface area contributed by atoms with E-state index in [9.17, 15) is 14.4 Å². The maximum atomic E-state index is 12.3. The van der Waals surface area contributed by atoms with Crippen LogP contribution in [0.3, 0.4) is 0 Å². The molecule has 0 fully saturated rings. The Kier molecular flexibility index (Phi) is 4.29. The van der Waals surface area contributed by atoms with Gasteiger partial charge in [0, 0.05) is 12.0 Å². The van der Waals surface area contributed by atoms with Crippen LogP contribution in [0.25, 0.3) is 0 Å². The van der Waals surface area contributed by atoms with E-state index in [0.29, 0.717) is 17.4 Å². The first-order chi connectivity index (χ1) is 11.6. The molecule has 1 atom stereocenters. The maximum absolute atomic E-state index is 12.3. The lowest BCUT2D eigenvalue weighted by Gasteiger charge is -2.23. The van der Waals surface area contributed by atoms with E-state index in [0.717, 1.165) is 5.56 Å². The predicted octanol–water partition coefficient (Wildman–Crippen LogP) is 2.19. The van der Waals surface area contributed by atoms with Crippen molar-refractivity contribution in [2.75, 3.05) is 7.11 Å². The number of esters is 2. The van der Waals surface area contributed by atoms with E-state index in [-0.39, 0.29) is 17.9 Å². The smallest absolute Gasteiger partial charge is 0.353 e. The lowest BCUT2D eigenvalue weighted by molar-refractivity contribution is -0.144. The van der Waals surface area contributed by atoms with Crippen molar-refractivity contribution in [3.8, 4) is 11.5 Å². The topological polar surface area (TPSA) is 78.9 Å². The molecule has 0 radical (unpaired) electrons. The Balaban J connectivity index is 1.79. The van der Waals surface area contributed by atoms with Crippen molar-refractivity contribution in [3.05, 3.63) is 59.2 Å². The highest BCUT2D eigenvalue weighted by molar-refractivity contribution is 5.95. The van der Waals surface area contributed by atoms with Crippen molar-refractivity contribution in [3.63, 3.8) is 0 Å². The Morgan fingerprint density at radius 1 is 1.21 bits per heavy atom. The van der Waals surface area contributed by atoms with Gasteiger partial charge in [0.15, 0.2) is 11.5 Å². The fraction of sp³-hybridized carbons (Fsp3) is 0.167. The van der Waals surface area contributed by atoms with Gasteiger partial charge in [-0.1, -0.05) is 18.2 Å². The van der Waals surface area contributed by atoms with Crippen LogP contribution < -0.4 is 9.47 Å². The largest absolute Gasteiger partial charge is 0.493 e. The third-order valence-corrected chi connectivity index (χ3v) is 3.69. The SMILES string of the molecule is COc1cc(C=O)ccc1OC(=O)[C@H]1Cc2ccccc2C(=O)O1.